The Morgan fingerprint density at radius 3 is 2.63 bits per heavy atom. The van der Waals surface area contributed by atoms with Gasteiger partial charge in [-0.15, -0.1) is 0 Å². The number of rotatable bonds is 1. The first-order valence-electron chi connectivity index (χ1n) is 5.90. The van der Waals surface area contributed by atoms with E-state index >= 15 is 0 Å². The molecule has 0 amide bonds. The molecule has 3 rings (SSSR count). The quantitative estimate of drug-likeness (QED) is 0.496. The van der Waals surface area contributed by atoms with E-state index in [1.54, 1.807) is 12.1 Å². The second-order valence-corrected chi connectivity index (χ2v) is 6.01. The van der Waals surface area contributed by atoms with Gasteiger partial charge in [-0.1, -0.05) is 0 Å². The summed E-state index contributed by atoms with van der Waals surface area (Å²) in [4.78, 5) is 12.3. The van der Waals surface area contributed by atoms with Crippen molar-refractivity contribution in [3.8, 4) is 11.5 Å². The van der Waals surface area contributed by atoms with E-state index < -0.39 is 4.31 Å². The molecule has 3 nitrogen and oxygen atoms in total. The summed E-state index contributed by atoms with van der Waals surface area (Å²) in [5, 5.41) is 9.42. The molecule has 1 heterocycles. The van der Waals surface area contributed by atoms with E-state index in [1.807, 2.05) is 30.3 Å². The van der Waals surface area contributed by atoms with Crippen LogP contribution in [0.5, 0.6) is 11.5 Å². The monoisotopic (exact) mass is 319 g/mol. The van der Waals surface area contributed by atoms with Crippen LogP contribution in [0.15, 0.2) is 48.5 Å². The maximum atomic E-state index is 12.3. The number of ether oxygens (including phenoxy) is 1. The molecule has 0 saturated heterocycles. The van der Waals surface area contributed by atoms with Crippen LogP contribution < -0.4 is 4.74 Å². The summed E-state index contributed by atoms with van der Waals surface area (Å²) >= 11 is 2.98. The molecule has 2 aromatic rings. The van der Waals surface area contributed by atoms with E-state index in [-0.39, 0.29) is 11.7 Å². The van der Waals surface area contributed by atoms with Gasteiger partial charge in [-0.3, -0.25) is 0 Å². The van der Waals surface area contributed by atoms with Gasteiger partial charge in [0, 0.05) is 0 Å². The molecule has 1 atom stereocenters. The van der Waals surface area contributed by atoms with E-state index in [4.69, 9.17) is 4.74 Å². The van der Waals surface area contributed by atoms with Gasteiger partial charge < -0.3 is 0 Å². The Morgan fingerprint density at radius 2 is 1.89 bits per heavy atom. The Hall–Kier alpha value is -1.77. The summed E-state index contributed by atoms with van der Waals surface area (Å²) in [5.41, 5.74) is 1.79. The van der Waals surface area contributed by atoms with Crippen LogP contribution >= 0.6 is 0 Å². The molecule has 4 heteroatoms. The van der Waals surface area contributed by atoms with Crippen molar-refractivity contribution in [3.63, 3.8) is 0 Å². The molecular formula is C15H11O3Se. The number of aromatic hydroxyl groups is 1. The van der Waals surface area contributed by atoms with E-state index in [0.29, 0.717) is 12.2 Å². The van der Waals surface area contributed by atoms with Crippen LogP contribution in [0.4, 0.5) is 0 Å². The van der Waals surface area contributed by atoms with Gasteiger partial charge in [0.1, 0.15) is 0 Å². The summed E-state index contributed by atoms with van der Waals surface area (Å²) in [6, 6.07) is 14.4. The third-order valence-corrected chi connectivity index (χ3v) is 4.41. The van der Waals surface area contributed by atoms with Crippen LogP contribution in [0, 0.1) is 0 Å². The Kier molecular flexibility index (Phi) is 2.85. The second-order valence-electron chi connectivity index (χ2n) is 4.55. The fourth-order valence-corrected chi connectivity index (χ4v) is 2.93. The molecule has 0 bridgehead atoms. The predicted molar refractivity (Wildman–Crippen MR) is 71.3 cm³/mol. The number of hydrogen-bond donors (Lipinski definition) is 1. The molecule has 2 aromatic carbocycles. The van der Waals surface area contributed by atoms with Gasteiger partial charge in [0.15, 0.2) is 0 Å². The summed E-state index contributed by atoms with van der Waals surface area (Å²) in [6.45, 7) is 0. The van der Waals surface area contributed by atoms with Gasteiger partial charge in [-0.05, 0) is 0 Å². The van der Waals surface area contributed by atoms with E-state index in [2.05, 4.69) is 16.0 Å². The van der Waals surface area contributed by atoms with Crippen molar-refractivity contribution in [2.75, 3.05) is 0 Å². The van der Waals surface area contributed by atoms with Gasteiger partial charge in [-0.2, -0.15) is 0 Å². The number of carbonyl (C=O) groups is 1. The summed E-state index contributed by atoms with van der Waals surface area (Å²) in [6.07, 6.45) is 0.519. The van der Waals surface area contributed by atoms with Crippen molar-refractivity contribution in [1.82, 2.24) is 0 Å². The fourth-order valence-electron chi connectivity index (χ4n) is 2.23. The molecule has 0 fully saturated rings. The van der Waals surface area contributed by atoms with Crippen molar-refractivity contribution < 1.29 is 14.6 Å². The predicted octanol–water partition coefficient (Wildman–Crippen LogP) is 1.92. The van der Waals surface area contributed by atoms with Crippen molar-refractivity contribution in [2.45, 2.75) is 10.7 Å². The van der Waals surface area contributed by atoms with Gasteiger partial charge >= 0.3 is 119 Å². The standard InChI is InChI=1S/C15H11O3Se/c16-12-7-6-10-9-15(19,11-4-2-1-3-5-11)14(17)18-13(10)8-12/h1-8,16H,9H2. The maximum absolute atomic E-state index is 12.3. The van der Waals surface area contributed by atoms with Crippen molar-refractivity contribution in [3.05, 3.63) is 59.7 Å². The number of hydrogen-bond acceptors (Lipinski definition) is 3. The van der Waals surface area contributed by atoms with Crippen molar-refractivity contribution in [2.24, 2.45) is 0 Å². The zero-order valence-corrected chi connectivity index (χ0v) is 11.7. The average Bonchev–Trinajstić information content (AvgIpc) is 2.42. The van der Waals surface area contributed by atoms with Gasteiger partial charge in [0.25, 0.3) is 0 Å². The SMILES string of the molecule is O=C1Oc2cc(O)ccc2CC1([Se])c1ccccc1. The van der Waals surface area contributed by atoms with Crippen molar-refractivity contribution >= 4 is 22.0 Å². The van der Waals surface area contributed by atoms with Crippen LogP contribution in [-0.4, -0.2) is 27.1 Å². The number of esters is 1. The van der Waals surface area contributed by atoms with Crippen LogP contribution in [0.25, 0.3) is 0 Å². The summed E-state index contributed by atoms with van der Waals surface area (Å²) in [5.74, 6) is 0.197. The van der Waals surface area contributed by atoms with E-state index in [1.165, 1.54) is 6.07 Å². The molecular weight excluding hydrogens is 307 g/mol. The van der Waals surface area contributed by atoms with Crippen LogP contribution in [0.3, 0.4) is 0 Å². The first kappa shape index (κ1) is 12.3. The van der Waals surface area contributed by atoms with E-state index in [0.717, 1.165) is 11.1 Å². The van der Waals surface area contributed by atoms with Crippen LogP contribution in [-0.2, 0) is 15.5 Å². The number of fused-ring (bicyclic) bond motifs is 1. The van der Waals surface area contributed by atoms with Gasteiger partial charge in [0.2, 0.25) is 0 Å². The number of benzene rings is 2. The van der Waals surface area contributed by atoms with Crippen molar-refractivity contribution in [1.29, 1.82) is 0 Å². The fraction of sp³-hybridized carbons (Fsp3) is 0.133. The summed E-state index contributed by atoms with van der Waals surface area (Å²) < 4.78 is 4.55. The molecule has 1 unspecified atom stereocenters. The Morgan fingerprint density at radius 1 is 1.16 bits per heavy atom. The Labute approximate surface area is 119 Å². The zero-order valence-electron chi connectivity index (χ0n) is 10.00. The number of phenolic OH excluding ortho intramolecular Hbond substituents is 1. The molecule has 0 saturated carbocycles. The Balaban J connectivity index is 2.07. The number of carbonyl (C=O) groups excluding carboxylic acids is 1. The second kappa shape index (κ2) is 4.41. The Bertz CT molecular complexity index is 639. The molecule has 0 aliphatic carbocycles. The average molecular weight is 318 g/mol. The molecule has 0 aromatic heterocycles. The van der Waals surface area contributed by atoms with Crippen LogP contribution in [0.2, 0.25) is 0 Å². The minimum absolute atomic E-state index is 0.0962. The molecule has 1 N–H and O–H groups in total. The minimum atomic E-state index is -0.800. The van der Waals surface area contributed by atoms with Crippen LogP contribution in [0.1, 0.15) is 11.1 Å². The van der Waals surface area contributed by atoms with Gasteiger partial charge in [-0.25, -0.2) is 0 Å². The first-order chi connectivity index (χ1) is 9.09. The molecule has 0 spiro atoms. The number of phenols is 1. The van der Waals surface area contributed by atoms with E-state index in [9.17, 15) is 9.90 Å². The third kappa shape index (κ3) is 2.03. The third-order valence-electron chi connectivity index (χ3n) is 3.26. The summed E-state index contributed by atoms with van der Waals surface area (Å²) in [7, 11) is 0. The molecule has 95 valence electrons. The first-order valence-corrected chi connectivity index (χ1v) is 6.75. The molecule has 19 heavy (non-hydrogen) atoms. The molecule has 1 aliphatic heterocycles. The van der Waals surface area contributed by atoms with Gasteiger partial charge in [0.05, 0.1) is 0 Å². The molecule has 1 radical (unpaired) electrons. The topological polar surface area (TPSA) is 46.5 Å². The zero-order chi connectivity index (χ0) is 13.5. The normalized spacial score (nSPS) is 21.6. The molecule has 1 aliphatic rings.